The molecule has 2 aliphatic carbocycles. The van der Waals surface area contributed by atoms with Crippen molar-refractivity contribution in [2.45, 2.75) is 130 Å². The topological polar surface area (TPSA) is 0 Å². The van der Waals surface area contributed by atoms with Gasteiger partial charge in [-0.05, 0) is 91.9 Å². The van der Waals surface area contributed by atoms with Crippen molar-refractivity contribution >= 4 is 0 Å². The highest BCUT2D eigenvalue weighted by molar-refractivity contribution is 5.20. The molecule has 0 amide bonds. The molecule has 0 spiro atoms. The maximum Gasteiger partial charge on any atom is -0.0134 e. The van der Waals surface area contributed by atoms with Crippen molar-refractivity contribution in [3.05, 3.63) is 35.9 Å². The normalized spacial score (nSPS) is 29.4. The lowest BCUT2D eigenvalue weighted by Crippen LogP contribution is -2.31. The van der Waals surface area contributed by atoms with E-state index in [4.69, 9.17) is 0 Å². The minimum absolute atomic E-state index is 0.765. The second-order valence-corrected chi connectivity index (χ2v) is 11.8. The van der Waals surface area contributed by atoms with Gasteiger partial charge in [0.15, 0.2) is 0 Å². The second kappa shape index (κ2) is 13.8. The van der Waals surface area contributed by atoms with Crippen LogP contribution in [0.4, 0.5) is 0 Å². The fraction of sp³-hybridized carbons (Fsp3) is 0.812. The monoisotopic (exact) mass is 438 g/mol. The summed E-state index contributed by atoms with van der Waals surface area (Å²) in [7, 11) is 0. The lowest BCUT2D eigenvalue weighted by molar-refractivity contribution is 0.105. The van der Waals surface area contributed by atoms with E-state index in [1.807, 2.05) is 0 Å². The van der Waals surface area contributed by atoms with Gasteiger partial charge in [0.25, 0.3) is 0 Å². The summed E-state index contributed by atoms with van der Waals surface area (Å²) < 4.78 is 0. The summed E-state index contributed by atoms with van der Waals surface area (Å²) in [6.45, 7) is 9.91. The molecule has 3 rings (SSSR count). The Balaban J connectivity index is 1.50. The van der Waals surface area contributed by atoms with Crippen molar-refractivity contribution in [2.24, 2.45) is 35.5 Å². The fourth-order valence-electron chi connectivity index (χ4n) is 7.55. The molecule has 0 saturated heterocycles. The summed E-state index contributed by atoms with van der Waals surface area (Å²) in [5.41, 5.74) is 1.61. The van der Waals surface area contributed by atoms with Gasteiger partial charge in [0, 0.05) is 0 Å². The molecular formula is C32H54. The lowest BCUT2D eigenvalue weighted by Gasteiger charge is -2.41. The predicted octanol–water partition coefficient (Wildman–Crippen LogP) is 10.4. The van der Waals surface area contributed by atoms with Crippen LogP contribution in [-0.2, 0) is 0 Å². The highest BCUT2D eigenvalue weighted by Gasteiger charge is 2.35. The zero-order chi connectivity index (χ0) is 22.8. The average molecular weight is 439 g/mol. The molecule has 2 fully saturated rings. The van der Waals surface area contributed by atoms with Gasteiger partial charge in [0.05, 0.1) is 0 Å². The maximum absolute atomic E-state index is 2.62. The molecule has 0 aromatic heterocycles. The first-order chi connectivity index (χ1) is 15.6. The van der Waals surface area contributed by atoms with Crippen LogP contribution in [0, 0.1) is 35.5 Å². The minimum Gasteiger partial charge on any atom is -0.0654 e. The highest BCUT2D eigenvalue weighted by Crippen LogP contribution is 2.46. The maximum atomic E-state index is 2.62. The molecule has 0 N–H and O–H groups in total. The lowest BCUT2D eigenvalue weighted by atomic mass is 9.64. The van der Waals surface area contributed by atoms with E-state index in [0.717, 1.165) is 41.4 Å². The van der Waals surface area contributed by atoms with Crippen LogP contribution in [0.2, 0.25) is 0 Å². The van der Waals surface area contributed by atoms with Gasteiger partial charge < -0.3 is 0 Å². The van der Waals surface area contributed by atoms with Crippen molar-refractivity contribution in [1.82, 2.24) is 0 Å². The minimum atomic E-state index is 0.765. The van der Waals surface area contributed by atoms with Gasteiger partial charge in [0.1, 0.15) is 0 Å². The Morgan fingerprint density at radius 3 is 1.88 bits per heavy atom. The van der Waals surface area contributed by atoms with Crippen molar-refractivity contribution in [1.29, 1.82) is 0 Å². The van der Waals surface area contributed by atoms with E-state index in [-0.39, 0.29) is 0 Å². The smallest absolute Gasteiger partial charge is 0.0134 e. The Kier molecular flexibility index (Phi) is 11.2. The molecule has 2 saturated carbocycles. The Morgan fingerprint density at radius 2 is 1.28 bits per heavy atom. The summed E-state index contributed by atoms with van der Waals surface area (Å²) in [6, 6.07) is 11.5. The van der Waals surface area contributed by atoms with Crippen molar-refractivity contribution in [2.75, 3.05) is 0 Å². The summed E-state index contributed by atoms with van der Waals surface area (Å²) in [5, 5.41) is 0. The summed E-state index contributed by atoms with van der Waals surface area (Å²) >= 11 is 0. The summed E-state index contributed by atoms with van der Waals surface area (Å²) in [5.74, 6) is 6.58. The molecule has 1 aromatic carbocycles. The molecule has 0 aliphatic heterocycles. The average Bonchev–Trinajstić information content (AvgIpc) is 2.85. The Morgan fingerprint density at radius 1 is 0.688 bits per heavy atom. The number of hydrogen-bond acceptors (Lipinski definition) is 0. The third-order valence-electron chi connectivity index (χ3n) is 9.87. The van der Waals surface area contributed by atoms with Gasteiger partial charge >= 0.3 is 0 Å². The number of benzene rings is 1. The molecule has 0 nitrogen and oxygen atoms in total. The fourth-order valence-corrected chi connectivity index (χ4v) is 7.55. The highest BCUT2D eigenvalue weighted by atomic mass is 14.4. The SMILES string of the molecule is CCCCCCC(c1ccccc1)C(C)C1CCC(C(C)C2CCC(CCC)CC2)CC1. The Hall–Kier alpha value is -0.780. The quantitative estimate of drug-likeness (QED) is 0.285. The summed E-state index contributed by atoms with van der Waals surface area (Å²) in [6.07, 6.45) is 21.9. The Bertz CT molecular complexity index is 588. The van der Waals surface area contributed by atoms with Crippen LogP contribution in [0.1, 0.15) is 135 Å². The first kappa shape index (κ1) is 25.8. The largest absolute Gasteiger partial charge is 0.0654 e. The van der Waals surface area contributed by atoms with Crippen LogP contribution in [0.3, 0.4) is 0 Å². The molecule has 32 heavy (non-hydrogen) atoms. The zero-order valence-corrected chi connectivity index (χ0v) is 22.0. The summed E-state index contributed by atoms with van der Waals surface area (Å²) in [4.78, 5) is 0. The van der Waals surface area contributed by atoms with E-state index in [2.05, 4.69) is 58.0 Å². The van der Waals surface area contributed by atoms with E-state index in [1.54, 1.807) is 5.56 Å². The molecule has 3 unspecified atom stereocenters. The first-order valence-electron chi connectivity index (χ1n) is 14.7. The molecule has 0 radical (unpaired) electrons. The Labute approximate surface area is 201 Å². The van der Waals surface area contributed by atoms with Crippen LogP contribution in [-0.4, -0.2) is 0 Å². The van der Waals surface area contributed by atoms with Crippen LogP contribution < -0.4 is 0 Å². The molecule has 182 valence electrons. The second-order valence-electron chi connectivity index (χ2n) is 11.8. The van der Waals surface area contributed by atoms with Crippen molar-refractivity contribution in [3.8, 4) is 0 Å². The molecule has 0 bridgehead atoms. The van der Waals surface area contributed by atoms with Gasteiger partial charge in [-0.2, -0.15) is 0 Å². The van der Waals surface area contributed by atoms with Crippen LogP contribution in [0.15, 0.2) is 30.3 Å². The number of rotatable bonds is 12. The van der Waals surface area contributed by atoms with Gasteiger partial charge in [-0.1, -0.05) is 109 Å². The molecule has 0 heteroatoms. The standard InChI is InChI=1S/C32H54/c1-5-7-8-12-16-32(31-14-10-9-11-15-31)26(4)30-23-21-29(22-24-30)25(3)28-19-17-27(13-6-2)18-20-28/h9-11,14-15,25-30,32H,5-8,12-13,16-24H2,1-4H3. The van der Waals surface area contributed by atoms with Gasteiger partial charge in [-0.3, -0.25) is 0 Å². The molecule has 1 aromatic rings. The van der Waals surface area contributed by atoms with Crippen LogP contribution >= 0.6 is 0 Å². The van der Waals surface area contributed by atoms with E-state index in [1.165, 1.54) is 96.3 Å². The first-order valence-corrected chi connectivity index (χ1v) is 14.7. The van der Waals surface area contributed by atoms with E-state index >= 15 is 0 Å². The molecule has 0 heterocycles. The van der Waals surface area contributed by atoms with Crippen molar-refractivity contribution in [3.63, 3.8) is 0 Å². The van der Waals surface area contributed by atoms with Crippen LogP contribution in [0.5, 0.6) is 0 Å². The molecule has 2 aliphatic rings. The van der Waals surface area contributed by atoms with Gasteiger partial charge in [0.2, 0.25) is 0 Å². The zero-order valence-electron chi connectivity index (χ0n) is 22.0. The van der Waals surface area contributed by atoms with E-state index in [9.17, 15) is 0 Å². The van der Waals surface area contributed by atoms with Crippen LogP contribution in [0.25, 0.3) is 0 Å². The van der Waals surface area contributed by atoms with Gasteiger partial charge in [-0.25, -0.2) is 0 Å². The predicted molar refractivity (Wildman–Crippen MR) is 142 cm³/mol. The number of unbranched alkanes of at least 4 members (excludes halogenated alkanes) is 3. The third kappa shape index (κ3) is 7.36. The van der Waals surface area contributed by atoms with E-state index < -0.39 is 0 Å². The number of hydrogen-bond donors (Lipinski definition) is 0. The van der Waals surface area contributed by atoms with Gasteiger partial charge in [-0.15, -0.1) is 0 Å². The molecule has 3 atom stereocenters. The molecular weight excluding hydrogens is 384 g/mol. The van der Waals surface area contributed by atoms with E-state index in [0.29, 0.717) is 0 Å². The third-order valence-corrected chi connectivity index (χ3v) is 9.87. The van der Waals surface area contributed by atoms with Crippen molar-refractivity contribution < 1.29 is 0 Å².